The summed E-state index contributed by atoms with van der Waals surface area (Å²) >= 11 is 0. The number of nitrogens with one attached hydrogen (secondary N) is 2. The maximum Gasteiger partial charge on any atom is 0.324 e. The third kappa shape index (κ3) is 5.74. The molecular weight excluding hydrogens is 522 g/mol. The molecule has 0 unspecified atom stereocenters. The number of amides is 2. The molecule has 214 valence electrons. The lowest BCUT2D eigenvalue weighted by Crippen LogP contribution is -2.36. The van der Waals surface area contributed by atoms with Crippen LogP contribution in [0, 0.1) is 6.92 Å². The summed E-state index contributed by atoms with van der Waals surface area (Å²) in [5.74, 6) is 0.613. The maximum atomic E-state index is 13.4. The van der Waals surface area contributed by atoms with Gasteiger partial charge in [-0.15, -0.1) is 0 Å². The van der Waals surface area contributed by atoms with Crippen molar-refractivity contribution in [3.05, 3.63) is 102 Å². The van der Waals surface area contributed by atoms with Gasteiger partial charge in [0.05, 0.1) is 30.3 Å². The number of hydrogen-bond acceptors (Lipinski definition) is 4. The van der Waals surface area contributed by atoms with Gasteiger partial charge in [0.25, 0.3) is 0 Å². The molecule has 0 aliphatic carbocycles. The molecule has 0 atom stereocenters. The van der Waals surface area contributed by atoms with Crippen molar-refractivity contribution >= 4 is 34.0 Å². The molecule has 42 heavy (non-hydrogen) atoms. The zero-order valence-electron chi connectivity index (χ0n) is 24.6. The molecule has 1 fully saturated rings. The lowest BCUT2D eigenvalue weighted by atomic mass is 9.92. The second-order valence-corrected chi connectivity index (χ2v) is 11.8. The molecule has 5 aromatic rings. The predicted molar refractivity (Wildman–Crippen MR) is 172 cm³/mol. The molecule has 1 saturated heterocycles. The molecule has 4 aromatic carbocycles. The molecule has 1 aliphatic rings. The van der Waals surface area contributed by atoms with Gasteiger partial charge in [-0.2, -0.15) is 5.10 Å². The first-order chi connectivity index (χ1) is 20.3. The Bertz CT molecular complexity index is 1710. The summed E-state index contributed by atoms with van der Waals surface area (Å²) in [6, 6.07) is 30.7. The Morgan fingerprint density at radius 3 is 2.17 bits per heavy atom. The van der Waals surface area contributed by atoms with Crippen LogP contribution in [-0.2, 0) is 10.2 Å². The number of hydrogen-bond donors (Lipinski definition) is 2. The number of ether oxygens (including phenoxy) is 1. The molecule has 0 spiro atoms. The number of carbonyl (C=O) groups is 1. The Labute approximate surface area is 247 Å². The van der Waals surface area contributed by atoms with Crippen LogP contribution in [0.25, 0.3) is 27.6 Å². The fourth-order valence-corrected chi connectivity index (χ4v) is 5.32. The molecule has 0 saturated carbocycles. The van der Waals surface area contributed by atoms with Crippen molar-refractivity contribution in [2.45, 2.75) is 33.1 Å². The van der Waals surface area contributed by atoms with E-state index in [1.54, 1.807) is 4.68 Å². The van der Waals surface area contributed by atoms with Gasteiger partial charge < -0.3 is 15.0 Å². The Balaban J connectivity index is 1.26. The van der Waals surface area contributed by atoms with Crippen molar-refractivity contribution in [2.75, 3.05) is 41.8 Å². The van der Waals surface area contributed by atoms with Gasteiger partial charge in [0.1, 0.15) is 5.82 Å². The average molecular weight is 560 g/mol. The van der Waals surface area contributed by atoms with Crippen LogP contribution in [0.2, 0.25) is 0 Å². The third-order valence-corrected chi connectivity index (χ3v) is 7.72. The number of urea groups is 1. The summed E-state index contributed by atoms with van der Waals surface area (Å²) in [5, 5.41) is 13.0. The fourth-order valence-electron chi connectivity index (χ4n) is 5.32. The first kappa shape index (κ1) is 27.5. The normalized spacial score (nSPS) is 13.8. The molecule has 7 nitrogen and oxygen atoms in total. The number of anilines is 3. The van der Waals surface area contributed by atoms with E-state index in [2.05, 4.69) is 79.6 Å². The minimum absolute atomic E-state index is 0.171. The second kappa shape index (κ2) is 11.3. The lowest BCUT2D eigenvalue weighted by Gasteiger charge is -2.29. The zero-order valence-corrected chi connectivity index (χ0v) is 24.6. The highest BCUT2D eigenvalue weighted by Gasteiger charge is 2.22. The smallest absolute Gasteiger partial charge is 0.324 e. The Kier molecular flexibility index (Phi) is 7.43. The lowest BCUT2D eigenvalue weighted by molar-refractivity contribution is 0.122. The fraction of sp³-hybridized carbons (Fsp3) is 0.257. The quantitative estimate of drug-likeness (QED) is 0.231. The summed E-state index contributed by atoms with van der Waals surface area (Å²) in [5.41, 5.74) is 6.99. The highest BCUT2D eigenvalue weighted by Crippen LogP contribution is 2.34. The minimum Gasteiger partial charge on any atom is -0.378 e. The SMILES string of the molecule is Cc1ccc(-n2nc(C(C)(C)C)cc2NC(=O)Nc2ccc(-c3ccc(N4CCOCC4)cc3)c3ccccc23)cc1. The Morgan fingerprint density at radius 1 is 0.810 bits per heavy atom. The van der Waals surface area contributed by atoms with Gasteiger partial charge in [-0.3, -0.25) is 5.32 Å². The Hall–Kier alpha value is -4.62. The first-order valence-electron chi connectivity index (χ1n) is 14.5. The van der Waals surface area contributed by atoms with Crippen LogP contribution in [-0.4, -0.2) is 42.1 Å². The highest BCUT2D eigenvalue weighted by atomic mass is 16.5. The number of carbonyl (C=O) groups excluding carboxylic acids is 1. The maximum absolute atomic E-state index is 13.4. The number of aryl methyl sites for hydroxylation is 1. The summed E-state index contributed by atoms with van der Waals surface area (Å²) < 4.78 is 7.29. The van der Waals surface area contributed by atoms with Crippen LogP contribution < -0.4 is 15.5 Å². The van der Waals surface area contributed by atoms with E-state index in [-0.39, 0.29) is 11.4 Å². The summed E-state index contributed by atoms with van der Waals surface area (Å²) in [7, 11) is 0. The van der Waals surface area contributed by atoms with Crippen molar-refractivity contribution in [1.82, 2.24) is 9.78 Å². The average Bonchev–Trinajstić information content (AvgIpc) is 3.42. The summed E-state index contributed by atoms with van der Waals surface area (Å²) in [6.45, 7) is 11.7. The molecular formula is C35H37N5O2. The van der Waals surface area contributed by atoms with Crippen LogP contribution in [0.4, 0.5) is 22.0 Å². The van der Waals surface area contributed by atoms with Crippen LogP contribution in [0.1, 0.15) is 32.0 Å². The van der Waals surface area contributed by atoms with Gasteiger partial charge in [-0.1, -0.05) is 80.9 Å². The minimum atomic E-state index is -0.323. The second-order valence-electron chi connectivity index (χ2n) is 11.8. The van der Waals surface area contributed by atoms with Gasteiger partial charge >= 0.3 is 6.03 Å². The van der Waals surface area contributed by atoms with Crippen LogP contribution in [0.3, 0.4) is 0 Å². The number of benzene rings is 4. The molecule has 0 bridgehead atoms. The van der Waals surface area contributed by atoms with E-state index in [0.717, 1.165) is 70.8 Å². The van der Waals surface area contributed by atoms with Crippen molar-refractivity contribution in [3.63, 3.8) is 0 Å². The van der Waals surface area contributed by atoms with Crippen molar-refractivity contribution < 1.29 is 9.53 Å². The zero-order chi connectivity index (χ0) is 29.3. The van der Waals surface area contributed by atoms with E-state index in [9.17, 15) is 4.79 Å². The van der Waals surface area contributed by atoms with Gasteiger partial charge in [0.2, 0.25) is 0 Å². The predicted octanol–water partition coefficient (Wildman–Crippen LogP) is 7.78. The van der Waals surface area contributed by atoms with Crippen molar-refractivity contribution in [3.8, 4) is 16.8 Å². The summed E-state index contributed by atoms with van der Waals surface area (Å²) in [4.78, 5) is 15.7. The number of fused-ring (bicyclic) bond motifs is 1. The standard InChI is InChI=1S/C35H37N5O2/c1-24-9-13-27(14-10-24)40-33(23-32(38-40)35(2,3)4)37-34(41)36-31-18-17-28(29-7-5-6-8-30(29)31)25-11-15-26(16-12-25)39-19-21-42-22-20-39/h5-18,23H,19-22H2,1-4H3,(H2,36,37,41). The molecule has 0 radical (unpaired) electrons. The van der Waals surface area contributed by atoms with Crippen LogP contribution in [0.5, 0.6) is 0 Å². The van der Waals surface area contributed by atoms with Crippen LogP contribution in [0.15, 0.2) is 91.0 Å². The van der Waals surface area contributed by atoms with Crippen LogP contribution >= 0.6 is 0 Å². The molecule has 2 heterocycles. The number of nitrogens with zero attached hydrogens (tertiary/aromatic N) is 3. The molecule has 7 heteroatoms. The van der Waals surface area contributed by atoms with Crippen molar-refractivity contribution in [1.29, 1.82) is 0 Å². The van der Waals surface area contributed by atoms with E-state index in [4.69, 9.17) is 9.84 Å². The topological polar surface area (TPSA) is 71.4 Å². The number of rotatable bonds is 5. The van der Waals surface area contributed by atoms with E-state index in [1.165, 1.54) is 5.69 Å². The summed E-state index contributed by atoms with van der Waals surface area (Å²) in [6.07, 6.45) is 0. The number of aromatic nitrogens is 2. The largest absolute Gasteiger partial charge is 0.378 e. The first-order valence-corrected chi connectivity index (χ1v) is 14.5. The molecule has 2 N–H and O–H groups in total. The monoisotopic (exact) mass is 559 g/mol. The molecule has 1 aromatic heterocycles. The third-order valence-electron chi connectivity index (χ3n) is 7.72. The number of morpholine rings is 1. The van der Waals surface area contributed by atoms with E-state index in [0.29, 0.717) is 5.82 Å². The molecule has 6 rings (SSSR count). The van der Waals surface area contributed by atoms with Gasteiger partial charge in [-0.25, -0.2) is 9.48 Å². The molecule has 1 aliphatic heterocycles. The Morgan fingerprint density at radius 2 is 1.48 bits per heavy atom. The van der Waals surface area contributed by atoms with Gasteiger partial charge in [0.15, 0.2) is 0 Å². The van der Waals surface area contributed by atoms with E-state index in [1.807, 2.05) is 54.6 Å². The van der Waals surface area contributed by atoms with Gasteiger partial charge in [0, 0.05) is 35.6 Å². The molecule has 2 amide bonds. The highest BCUT2D eigenvalue weighted by molar-refractivity contribution is 6.09. The van der Waals surface area contributed by atoms with Crippen molar-refractivity contribution in [2.24, 2.45) is 0 Å². The van der Waals surface area contributed by atoms with E-state index < -0.39 is 0 Å². The van der Waals surface area contributed by atoms with E-state index >= 15 is 0 Å². The van der Waals surface area contributed by atoms with Gasteiger partial charge in [-0.05, 0) is 53.8 Å².